The number of allylic oxidation sites excluding steroid dienone is 3. The summed E-state index contributed by atoms with van der Waals surface area (Å²) in [5.74, 6) is 0.789. The van der Waals surface area contributed by atoms with E-state index in [2.05, 4.69) is 29.3 Å². The standard InChI is InChI=1S/C23H28N6O/c1-12-18(14(3)28(5)26-12)10-16-8-7-9-17-21(19(11-24)23(25)30-22(16)17)20-13(2)27-29(6)15(20)4/h10,21H,7-9,25H2,1-6H3/b16-10+/t21-/m0/s1. The van der Waals surface area contributed by atoms with Gasteiger partial charge in [-0.15, -0.1) is 0 Å². The van der Waals surface area contributed by atoms with Crippen LogP contribution in [0.25, 0.3) is 6.08 Å². The number of nitriles is 1. The maximum Gasteiger partial charge on any atom is 0.205 e. The summed E-state index contributed by atoms with van der Waals surface area (Å²) in [6.45, 7) is 8.12. The fourth-order valence-electron chi connectivity index (χ4n) is 4.75. The molecule has 30 heavy (non-hydrogen) atoms. The quantitative estimate of drug-likeness (QED) is 0.823. The van der Waals surface area contributed by atoms with Gasteiger partial charge in [-0.05, 0) is 64.2 Å². The van der Waals surface area contributed by atoms with Crippen LogP contribution < -0.4 is 5.73 Å². The highest BCUT2D eigenvalue weighted by molar-refractivity contribution is 5.65. The first-order valence-electron chi connectivity index (χ1n) is 10.3. The van der Waals surface area contributed by atoms with Gasteiger partial charge in [0, 0.05) is 36.6 Å². The molecule has 4 rings (SSSR count). The average Bonchev–Trinajstić information content (AvgIpc) is 3.09. The Kier molecular flexibility index (Phi) is 4.81. The molecule has 0 aromatic carbocycles. The fourth-order valence-corrected chi connectivity index (χ4v) is 4.75. The van der Waals surface area contributed by atoms with Crippen LogP contribution in [0.15, 0.2) is 28.4 Å². The molecule has 0 amide bonds. The molecule has 2 N–H and O–H groups in total. The van der Waals surface area contributed by atoms with E-state index in [0.717, 1.165) is 70.1 Å². The van der Waals surface area contributed by atoms with Crippen molar-refractivity contribution in [1.29, 1.82) is 5.26 Å². The van der Waals surface area contributed by atoms with E-state index in [4.69, 9.17) is 10.5 Å². The molecule has 2 aromatic rings. The lowest BCUT2D eigenvalue weighted by Gasteiger charge is -2.33. The highest BCUT2D eigenvalue weighted by atomic mass is 16.5. The molecule has 7 nitrogen and oxygen atoms in total. The minimum absolute atomic E-state index is 0.191. The molecule has 0 saturated carbocycles. The third-order valence-corrected chi connectivity index (χ3v) is 6.45. The maximum absolute atomic E-state index is 9.91. The van der Waals surface area contributed by atoms with Crippen LogP contribution in [0.1, 0.15) is 59.1 Å². The summed E-state index contributed by atoms with van der Waals surface area (Å²) in [6.07, 6.45) is 4.95. The molecule has 1 aliphatic heterocycles. The van der Waals surface area contributed by atoms with Crippen LogP contribution in [-0.2, 0) is 18.8 Å². The molecule has 156 valence electrons. The molecule has 0 spiro atoms. The van der Waals surface area contributed by atoms with E-state index in [1.165, 1.54) is 0 Å². The fraction of sp³-hybridized carbons (Fsp3) is 0.435. The van der Waals surface area contributed by atoms with Crippen LogP contribution >= 0.6 is 0 Å². The minimum atomic E-state index is -0.216. The second kappa shape index (κ2) is 7.21. The summed E-state index contributed by atoms with van der Waals surface area (Å²) in [7, 11) is 3.89. The molecule has 0 bridgehead atoms. The van der Waals surface area contributed by atoms with Crippen molar-refractivity contribution in [2.24, 2.45) is 19.8 Å². The Morgan fingerprint density at radius 2 is 1.73 bits per heavy atom. The lowest BCUT2D eigenvalue weighted by molar-refractivity contribution is 0.277. The summed E-state index contributed by atoms with van der Waals surface area (Å²) in [5.41, 5.74) is 15.2. The summed E-state index contributed by atoms with van der Waals surface area (Å²) in [6, 6.07) is 2.31. The predicted octanol–water partition coefficient (Wildman–Crippen LogP) is 3.72. The molecule has 1 atom stereocenters. The van der Waals surface area contributed by atoms with E-state index in [-0.39, 0.29) is 11.8 Å². The van der Waals surface area contributed by atoms with Gasteiger partial charge in [0.1, 0.15) is 17.4 Å². The summed E-state index contributed by atoms with van der Waals surface area (Å²) in [4.78, 5) is 0. The Labute approximate surface area is 177 Å². The second-order valence-electron chi connectivity index (χ2n) is 8.22. The lowest BCUT2D eigenvalue weighted by Crippen LogP contribution is -2.24. The number of ether oxygens (including phenoxy) is 1. The topological polar surface area (TPSA) is 94.7 Å². The molecule has 2 aromatic heterocycles. The van der Waals surface area contributed by atoms with E-state index >= 15 is 0 Å². The first kappa shape index (κ1) is 20.0. The number of aryl methyl sites for hydroxylation is 4. The van der Waals surface area contributed by atoms with E-state index < -0.39 is 0 Å². The van der Waals surface area contributed by atoms with E-state index in [0.29, 0.717) is 5.57 Å². The van der Waals surface area contributed by atoms with Crippen molar-refractivity contribution in [3.8, 4) is 6.07 Å². The lowest BCUT2D eigenvalue weighted by atomic mass is 9.76. The first-order chi connectivity index (χ1) is 14.2. The molecule has 0 saturated heterocycles. The molecule has 7 heteroatoms. The Hall–Kier alpha value is -3.27. The monoisotopic (exact) mass is 404 g/mol. The van der Waals surface area contributed by atoms with Gasteiger partial charge in [-0.2, -0.15) is 15.5 Å². The number of nitrogens with zero attached hydrogens (tertiary/aromatic N) is 5. The van der Waals surface area contributed by atoms with Crippen molar-refractivity contribution in [3.05, 3.63) is 62.3 Å². The van der Waals surface area contributed by atoms with Crippen molar-refractivity contribution in [3.63, 3.8) is 0 Å². The smallest absolute Gasteiger partial charge is 0.205 e. The summed E-state index contributed by atoms with van der Waals surface area (Å²) < 4.78 is 9.86. The molecular weight excluding hydrogens is 376 g/mol. The van der Waals surface area contributed by atoms with Gasteiger partial charge in [-0.1, -0.05) is 0 Å². The van der Waals surface area contributed by atoms with Crippen LogP contribution in [0, 0.1) is 39.0 Å². The normalized spacial score (nSPS) is 20.4. The van der Waals surface area contributed by atoms with Gasteiger partial charge in [0.2, 0.25) is 5.88 Å². The van der Waals surface area contributed by atoms with E-state index in [9.17, 15) is 5.26 Å². The van der Waals surface area contributed by atoms with Crippen molar-refractivity contribution in [1.82, 2.24) is 19.6 Å². The van der Waals surface area contributed by atoms with Crippen LogP contribution in [0.3, 0.4) is 0 Å². The second-order valence-corrected chi connectivity index (χ2v) is 8.22. The zero-order chi connectivity index (χ0) is 21.7. The number of hydrogen-bond donors (Lipinski definition) is 1. The predicted molar refractivity (Wildman–Crippen MR) is 115 cm³/mol. The van der Waals surface area contributed by atoms with Gasteiger partial charge < -0.3 is 10.5 Å². The van der Waals surface area contributed by atoms with E-state index in [1.54, 1.807) is 0 Å². The number of rotatable bonds is 2. The molecule has 1 aliphatic carbocycles. The zero-order valence-corrected chi connectivity index (χ0v) is 18.5. The van der Waals surface area contributed by atoms with Gasteiger partial charge >= 0.3 is 0 Å². The number of hydrogen-bond acceptors (Lipinski definition) is 5. The highest BCUT2D eigenvalue weighted by Gasteiger charge is 2.38. The first-order valence-corrected chi connectivity index (χ1v) is 10.3. The zero-order valence-electron chi connectivity index (χ0n) is 18.5. The van der Waals surface area contributed by atoms with E-state index in [1.807, 2.05) is 44.2 Å². The van der Waals surface area contributed by atoms with Crippen molar-refractivity contribution < 1.29 is 4.74 Å². The Morgan fingerprint density at radius 1 is 1.07 bits per heavy atom. The third-order valence-electron chi connectivity index (χ3n) is 6.45. The van der Waals surface area contributed by atoms with Gasteiger partial charge in [-0.25, -0.2) is 0 Å². The number of nitrogens with two attached hydrogens (primary N) is 1. The molecule has 0 unspecified atom stereocenters. The van der Waals surface area contributed by atoms with Crippen LogP contribution in [0.4, 0.5) is 0 Å². The minimum Gasteiger partial charge on any atom is -0.440 e. The molecular formula is C23H28N6O. The average molecular weight is 405 g/mol. The van der Waals surface area contributed by atoms with Crippen LogP contribution in [0.2, 0.25) is 0 Å². The molecule has 3 heterocycles. The largest absolute Gasteiger partial charge is 0.440 e. The Morgan fingerprint density at radius 3 is 2.30 bits per heavy atom. The Bertz CT molecular complexity index is 1180. The van der Waals surface area contributed by atoms with Gasteiger partial charge in [0.15, 0.2) is 0 Å². The molecule has 2 aliphatic rings. The maximum atomic E-state index is 9.91. The Balaban J connectivity index is 1.92. The molecule has 0 fully saturated rings. The van der Waals surface area contributed by atoms with Crippen molar-refractivity contribution in [2.75, 3.05) is 0 Å². The van der Waals surface area contributed by atoms with Gasteiger partial charge in [0.25, 0.3) is 0 Å². The van der Waals surface area contributed by atoms with Crippen LogP contribution in [-0.4, -0.2) is 19.6 Å². The number of aromatic nitrogens is 4. The summed E-state index contributed by atoms with van der Waals surface area (Å²) >= 11 is 0. The third kappa shape index (κ3) is 2.95. The van der Waals surface area contributed by atoms with Crippen molar-refractivity contribution in [2.45, 2.75) is 52.9 Å². The molecule has 0 radical (unpaired) electrons. The van der Waals surface area contributed by atoms with Gasteiger partial charge in [0.05, 0.1) is 17.3 Å². The highest BCUT2D eigenvalue weighted by Crippen LogP contribution is 2.48. The van der Waals surface area contributed by atoms with Gasteiger partial charge in [-0.3, -0.25) is 9.36 Å². The SMILES string of the molecule is Cc1nn(C)c(C)c1/C=C1\CCCC2=C1OC(N)=C(C#N)[C@H]2c1c(C)nn(C)c1C. The van der Waals surface area contributed by atoms with Crippen LogP contribution in [0.5, 0.6) is 0 Å². The van der Waals surface area contributed by atoms with Crippen molar-refractivity contribution >= 4 is 6.08 Å². The summed E-state index contributed by atoms with van der Waals surface area (Å²) in [5, 5.41) is 19.0.